The van der Waals surface area contributed by atoms with Crippen LogP contribution in [0.3, 0.4) is 0 Å². The van der Waals surface area contributed by atoms with Crippen LogP contribution >= 0.6 is 11.6 Å². The highest BCUT2D eigenvalue weighted by atomic mass is 35.5. The number of rotatable bonds is 4. The molecule has 1 N–H and O–H groups in total. The molecule has 2 rings (SSSR count). The van der Waals surface area contributed by atoms with Crippen molar-refractivity contribution >= 4 is 11.6 Å². The van der Waals surface area contributed by atoms with Gasteiger partial charge in [-0.3, -0.25) is 0 Å². The van der Waals surface area contributed by atoms with Crippen molar-refractivity contribution in [2.75, 3.05) is 0 Å². The van der Waals surface area contributed by atoms with Crippen molar-refractivity contribution in [2.24, 2.45) is 0 Å². The van der Waals surface area contributed by atoms with E-state index in [1.54, 1.807) is 37.3 Å². The summed E-state index contributed by atoms with van der Waals surface area (Å²) >= 11 is 6.11. The SMILES string of the molecule is C[C@@H](O)c1ccc(OCc2cccc(C#N)c2)c(Cl)c1. The van der Waals surface area contributed by atoms with Crippen LogP contribution in [0.2, 0.25) is 5.02 Å². The van der Waals surface area contributed by atoms with Crippen LogP contribution in [0.25, 0.3) is 0 Å². The molecule has 2 aromatic carbocycles. The molecule has 2 aromatic rings. The molecule has 0 unspecified atom stereocenters. The Hall–Kier alpha value is -2.02. The molecular formula is C16H14ClNO2. The highest BCUT2D eigenvalue weighted by Crippen LogP contribution is 2.28. The van der Waals surface area contributed by atoms with Crippen LogP contribution in [0.1, 0.15) is 29.7 Å². The first kappa shape index (κ1) is 14.4. The minimum Gasteiger partial charge on any atom is -0.487 e. The van der Waals surface area contributed by atoms with Crippen molar-refractivity contribution in [3.8, 4) is 11.8 Å². The summed E-state index contributed by atoms with van der Waals surface area (Å²) in [6.45, 7) is 2.02. The van der Waals surface area contributed by atoms with Gasteiger partial charge >= 0.3 is 0 Å². The quantitative estimate of drug-likeness (QED) is 0.929. The van der Waals surface area contributed by atoms with Gasteiger partial charge in [0.1, 0.15) is 12.4 Å². The minimum absolute atomic E-state index is 0.337. The van der Waals surface area contributed by atoms with Crippen LogP contribution in [-0.4, -0.2) is 5.11 Å². The minimum atomic E-state index is -0.561. The highest BCUT2D eigenvalue weighted by Gasteiger charge is 2.07. The van der Waals surface area contributed by atoms with Crippen LogP contribution in [0.15, 0.2) is 42.5 Å². The second-order valence-corrected chi connectivity index (χ2v) is 4.87. The Bertz CT molecular complexity index is 647. The van der Waals surface area contributed by atoms with E-state index in [0.29, 0.717) is 22.9 Å². The Balaban J connectivity index is 2.09. The van der Waals surface area contributed by atoms with Crippen molar-refractivity contribution in [3.63, 3.8) is 0 Å². The second-order valence-electron chi connectivity index (χ2n) is 4.47. The lowest BCUT2D eigenvalue weighted by Gasteiger charge is -2.11. The van der Waals surface area contributed by atoms with Gasteiger partial charge in [0.2, 0.25) is 0 Å². The molecule has 1 atom stereocenters. The van der Waals surface area contributed by atoms with Crippen molar-refractivity contribution < 1.29 is 9.84 Å². The third-order valence-electron chi connectivity index (χ3n) is 2.89. The van der Waals surface area contributed by atoms with Gasteiger partial charge in [-0.05, 0) is 42.3 Å². The molecule has 0 saturated heterocycles. The molecule has 0 amide bonds. The van der Waals surface area contributed by atoms with Gasteiger partial charge in [-0.25, -0.2) is 0 Å². The molecule has 0 bridgehead atoms. The molecule has 0 aliphatic carbocycles. The molecule has 102 valence electrons. The standard InChI is InChI=1S/C16H14ClNO2/c1-11(19)14-5-6-16(15(17)8-14)20-10-13-4-2-3-12(7-13)9-18/h2-8,11,19H,10H2,1H3/t11-/m1/s1. The third-order valence-corrected chi connectivity index (χ3v) is 3.18. The first-order chi connectivity index (χ1) is 9.60. The smallest absolute Gasteiger partial charge is 0.138 e. The average Bonchev–Trinajstić information content (AvgIpc) is 2.46. The number of hydrogen-bond acceptors (Lipinski definition) is 3. The zero-order valence-corrected chi connectivity index (χ0v) is 11.8. The molecular weight excluding hydrogens is 274 g/mol. The van der Waals surface area contributed by atoms with Gasteiger partial charge in [0, 0.05) is 0 Å². The van der Waals surface area contributed by atoms with Gasteiger partial charge < -0.3 is 9.84 Å². The van der Waals surface area contributed by atoms with E-state index in [0.717, 1.165) is 11.1 Å². The fraction of sp³-hybridized carbons (Fsp3) is 0.188. The molecule has 0 saturated carbocycles. The topological polar surface area (TPSA) is 53.2 Å². The summed E-state index contributed by atoms with van der Waals surface area (Å²) in [6.07, 6.45) is -0.561. The van der Waals surface area contributed by atoms with E-state index in [-0.39, 0.29) is 0 Å². The lowest BCUT2D eigenvalue weighted by atomic mass is 10.1. The summed E-state index contributed by atoms with van der Waals surface area (Å²) in [5.74, 6) is 0.554. The maximum atomic E-state index is 9.47. The molecule has 0 aromatic heterocycles. The zero-order chi connectivity index (χ0) is 14.5. The highest BCUT2D eigenvalue weighted by molar-refractivity contribution is 6.32. The Morgan fingerprint density at radius 2 is 2.10 bits per heavy atom. The molecule has 20 heavy (non-hydrogen) atoms. The number of nitriles is 1. The van der Waals surface area contributed by atoms with Gasteiger partial charge in [-0.1, -0.05) is 29.8 Å². The van der Waals surface area contributed by atoms with Gasteiger partial charge in [0.15, 0.2) is 0 Å². The van der Waals surface area contributed by atoms with Gasteiger partial charge in [-0.15, -0.1) is 0 Å². The number of benzene rings is 2. The van der Waals surface area contributed by atoms with E-state index >= 15 is 0 Å². The fourth-order valence-corrected chi connectivity index (χ4v) is 2.03. The molecule has 3 nitrogen and oxygen atoms in total. The maximum Gasteiger partial charge on any atom is 0.138 e. The number of aliphatic hydroxyl groups is 1. The van der Waals surface area contributed by atoms with Crippen molar-refractivity contribution in [3.05, 3.63) is 64.2 Å². The van der Waals surface area contributed by atoms with Gasteiger partial charge in [0.05, 0.1) is 22.8 Å². The number of aliphatic hydroxyl groups excluding tert-OH is 1. The molecule has 0 aliphatic rings. The van der Waals surface area contributed by atoms with Crippen molar-refractivity contribution in [1.29, 1.82) is 5.26 Å². The van der Waals surface area contributed by atoms with E-state index in [1.165, 1.54) is 0 Å². The molecule has 0 radical (unpaired) electrons. The first-order valence-corrected chi connectivity index (χ1v) is 6.57. The zero-order valence-electron chi connectivity index (χ0n) is 11.0. The molecule has 0 spiro atoms. The number of hydrogen-bond donors (Lipinski definition) is 1. The summed E-state index contributed by atoms with van der Waals surface area (Å²) < 4.78 is 5.63. The Labute approximate surface area is 123 Å². The number of ether oxygens (including phenoxy) is 1. The summed E-state index contributed by atoms with van der Waals surface area (Å²) in [5, 5.41) is 18.8. The average molecular weight is 288 g/mol. The number of halogens is 1. The van der Waals surface area contributed by atoms with Crippen LogP contribution in [0.5, 0.6) is 5.75 Å². The van der Waals surface area contributed by atoms with E-state index in [1.807, 2.05) is 12.1 Å². The molecule has 0 aliphatic heterocycles. The fourth-order valence-electron chi connectivity index (χ4n) is 1.79. The summed E-state index contributed by atoms with van der Waals surface area (Å²) in [7, 11) is 0. The van der Waals surface area contributed by atoms with E-state index in [2.05, 4.69) is 6.07 Å². The second kappa shape index (κ2) is 6.42. The molecule has 0 heterocycles. The summed E-state index contributed by atoms with van der Waals surface area (Å²) in [5.41, 5.74) is 2.25. The van der Waals surface area contributed by atoms with Crippen LogP contribution in [0, 0.1) is 11.3 Å². The predicted molar refractivity (Wildman–Crippen MR) is 77.6 cm³/mol. The lowest BCUT2D eigenvalue weighted by Crippen LogP contribution is -1.98. The summed E-state index contributed by atoms with van der Waals surface area (Å²) in [6, 6.07) is 14.5. The lowest BCUT2D eigenvalue weighted by molar-refractivity contribution is 0.199. The van der Waals surface area contributed by atoms with Crippen LogP contribution < -0.4 is 4.74 Å². The van der Waals surface area contributed by atoms with Gasteiger partial charge in [0.25, 0.3) is 0 Å². The molecule has 4 heteroatoms. The van der Waals surface area contributed by atoms with Gasteiger partial charge in [-0.2, -0.15) is 5.26 Å². The normalized spacial score (nSPS) is 11.7. The number of nitrogens with zero attached hydrogens (tertiary/aromatic N) is 1. The van der Waals surface area contributed by atoms with E-state index < -0.39 is 6.10 Å². The Kier molecular flexibility index (Phi) is 4.62. The largest absolute Gasteiger partial charge is 0.487 e. The van der Waals surface area contributed by atoms with Crippen LogP contribution in [-0.2, 0) is 6.61 Å². The third kappa shape index (κ3) is 3.51. The van der Waals surface area contributed by atoms with E-state index in [4.69, 9.17) is 21.6 Å². The monoisotopic (exact) mass is 287 g/mol. The van der Waals surface area contributed by atoms with Crippen molar-refractivity contribution in [2.45, 2.75) is 19.6 Å². The maximum absolute atomic E-state index is 9.47. The Morgan fingerprint density at radius 1 is 1.30 bits per heavy atom. The Morgan fingerprint density at radius 3 is 2.75 bits per heavy atom. The molecule has 0 fully saturated rings. The first-order valence-electron chi connectivity index (χ1n) is 6.19. The van der Waals surface area contributed by atoms with Crippen LogP contribution in [0.4, 0.5) is 0 Å². The predicted octanol–water partition coefficient (Wildman–Crippen LogP) is 3.84. The van der Waals surface area contributed by atoms with E-state index in [9.17, 15) is 5.11 Å². The van der Waals surface area contributed by atoms with Crippen molar-refractivity contribution in [1.82, 2.24) is 0 Å². The summed E-state index contributed by atoms with van der Waals surface area (Å²) in [4.78, 5) is 0.